The van der Waals surface area contributed by atoms with Crippen LogP contribution in [0.5, 0.6) is 5.75 Å². The molecule has 0 atom stereocenters. The molecule has 0 aliphatic heterocycles. The molecule has 2 aromatic carbocycles. The number of carbonyl (C=O) groups is 1. The molecule has 1 fully saturated rings. The smallest absolute Gasteiger partial charge is 0.230 e. The summed E-state index contributed by atoms with van der Waals surface area (Å²) >= 11 is 0. The first-order valence-electron chi connectivity index (χ1n) is 9.23. The molecule has 132 valence electrons. The van der Waals surface area contributed by atoms with Crippen LogP contribution in [0.25, 0.3) is 0 Å². The molecule has 3 heteroatoms. The summed E-state index contributed by atoms with van der Waals surface area (Å²) in [6, 6.07) is 15.7. The number of nitrogens with one attached hydrogen (secondary N) is 1. The van der Waals surface area contributed by atoms with Gasteiger partial charge in [-0.3, -0.25) is 4.79 Å². The third-order valence-electron chi connectivity index (χ3n) is 5.33. The Morgan fingerprint density at radius 2 is 1.84 bits per heavy atom. The molecule has 2 aromatic rings. The van der Waals surface area contributed by atoms with Crippen LogP contribution in [0.2, 0.25) is 0 Å². The summed E-state index contributed by atoms with van der Waals surface area (Å²) in [5.74, 6) is 0.472. The second kappa shape index (κ2) is 7.73. The number of phenolic OH excluding ortho intramolecular Hbond substituents is 1. The first-order valence-corrected chi connectivity index (χ1v) is 9.23. The Hall–Kier alpha value is -2.29. The molecule has 1 saturated carbocycles. The maximum atomic E-state index is 13.0. The van der Waals surface area contributed by atoms with Gasteiger partial charge in [0, 0.05) is 6.54 Å². The molecule has 3 nitrogen and oxygen atoms in total. The van der Waals surface area contributed by atoms with Gasteiger partial charge in [-0.05, 0) is 55.9 Å². The third-order valence-corrected chi connectivity index (χ3v) is 5.33. The van der Waals surface area contributed by atoms with Crippen molar-refractivity contribution in [2.45, 2.75) is 50.9 Å². The fourth-order valence-corrected chi connectivity index (χ4v) is 3.89. The van der Waals surface area contributed by atoms with Gasteiger partial charge in [-0.2, -0.15) is 0 Å². The normalized spacial score (nSPS) is 15.9. The molecule has 1 aliphatic rings. The molecule has 0 unspecified atom stereocenters. The van der Waals surface area contributed by atoms with E-state index in [0.717, 1.165) is 38.5 Å². The van der Waals surface area contributed by atoms with E-state index < -0.39 is 0 Å². The summed E-state index contributed by atoms with van der Waals surface area (Å²) in [5, 5.41) is 12.5. The lowest BCUT2D eigenvalue weighted by atomic mass is 9.77. The van der Waals surface area contributed by atoms with Crippen molar-refractivity contribution >= 4 is 5.91 Å². The Morgan fingerprint density at radius 1 is 1.12 bits per heavy atom. The van der Waals surface area contributed by atoms with E-state index in [4.69, 9.17) is 0 Å². The number of rotatable bonds is 6. The maximum absolute atomic E-state index is 13.0. The number of phenols is 1. The van der Waals surface area contributed by atoms with Crippen molar-refractivity contribution in [3.05, 3.63) is 65.2 Å². The van der Waals surface area contributed by atoms with Crippen molar-refractivity contribution in [3.8, 4) is 5.75 Å². The van der Waals surface area contributed by atoms with E-state index in [0.29, 0.717) is 12.3 Å². The minimum Gasteiger partial charge on any atom is -0.508 e. The van der Waals surface area contributed by atoms with E-state index in [-0.39, 0.29) is 11.3 Å². The molecule has 0 bridgehead atoms. The van der Waals surface area contributed by atoms with Gasteiger partial charge in [0.1, 0.15) is 5.75 Å². The van der Waals surface area contributed by atoms with E-state index in [1.165, 1.54) is 16.7 Å². The van der Waals surface area contributed by atoms with Crippen molar-refractivity contribution in [2.24, 2.45) is 0 Å². The minimum absolute atomic E-state index is 0.182. The fraction of sp³-hybridized carbons (Fsp3) is 0.409. The predicted molar refractivity (Wildman–Crippen MR) is 101 cm³/mol. The molecule has 1 amide bonds. The molecule has 25 heavy (non-hydrogen) atoms. The molecule has 0 aromatic heterocycles. The highest BCUT2D eigenvalue weighted by Gasteiger charge is 2.42. The number of hydrogen-bond acceptors (Lipinski definition) is 2. The summed E-state index contributed by atoms with van der Waals surface area (Å²) in [6.07, 6.45) is 5.93. The summed E-state index contributed by atoms with van der Waals surface area (Å²) in [6.45, 7) is 2.77. The predicted octanol–water partition coefficient (Wildman–Crippen LogP) is 4.26. The standard InChI is InChI=1S/C22H27NO2/c1-17-6-4-8-19(16-17)22(13-2-3-14-22)21(25)23-15-5-7-18-9-11-20(24)12-10-18/h4,6,8-12,16,24H,2-3,5,7,13-15H2,1H3,(H,23,25). The molecule has 0 heterocycles. The Balaban J connectivity index is 1.59. The maximum Gasteiger partial charge on any atom is 0.230 e. The van der Waals surface area contributed by atoms with Crippen LogP contribution < -0.4 is 5.32 Å². The Morgan fingerprint density at radius 3 is 2.52 bits per heavy atom. The van der Waals surface area contributed by atoms with Gasteiger partial charge in [-0.1, -0.05) is 54.8 Å². The largest absolute Gasteiger partial charge is 0.508 e. The van der Waals surface area contributed by atoms with Crippen LogP contribution in [-0.4, -0.2) is 17.6 Å². The van der Waals surface area contributed by atoms with Gasteiger partial charge in [0.2, 0.25) is 5.91 Å². The van der Waals surface area contributed by atoms with E-state index >= 15 is 0 Å². The van der Waals surface area contributed by atoms with E-state index in [2.05, 4.69) is 36.5 Å². The number of aromatic hydroxyl groups is 1. The number of hydrogen-bond donors (Lipinski definition) is 2. The zero-order chi connectivity index (χ0) is 17.7. The molecule has 0 radical (unpaired) electrons. The second-order valence-corrected chi connectivity index (χ2v) is 7.18. The highest BCUT2D eigenvalue weighted by Crippen LogP contribution is 2.41. The molecular formula is C22H27NO2. The van der Waals surface area contributed by atoms with Crippen LogP contribution in [-0.2, 0) is 16.6 Å². The van der Waals surface area contributed by atoms with Crippen LogP contribution >= 0.6 is 0 Å². The van der Waals surface area contributed by atoms with Gasteiger partial charge in [0.05, 0.1) is 5.41 Å². The first kappa shape index (κ1) is 17.5. The van der Waals surface area contributed by atoms with Crippen LogP contribution in [0.1, 0.15) is 48.8 Å². The Labute approximate surface area is 150 Å². The molecule has 3 rings (SSSR count). The molecule has 0 saturated heterocycles. The highest BCUT2D eigenvalue weighted by molar-refractivity contribution is 5.88. The van der Waals surface area contributed by atoms with Crippen molar-refractivity contribution < 1.29 is 9.90 Å². The number of amides is 1. The van der Waals surface area contributed by atoms with Gasteiger partial charge in [-0.25, -0.2) is 0 Å². The fourth-order valence-electron chi connectivity index (χ4n) is 3.89. The summed E-state index contributed by atoms with van der Waals surface area (Å²) in [4.78, 5) is 13.0. The average molecular weight is 337 g/mol. The first-order chi connectivity index (χ1) is 12.1. The van der Waals surface area contributed by atoms with Crippen LogP contribution in [0.3, 0.4) is 0 Å². The van der Waals surface area contributed by atoms with Crippen molar-refractivity contribution in [1.82, 2.24) is 5.32 Å². The summed E-state index contributed by atoms with van der Waals surface area (Å²) in [7, 11) is 0. The lowest BCUT2D eigenvalue weighted by molar-refractivity contribution is -0.126. The Bertz CT molecular complexity index is 715. The van der Waals surface area contributed by atoms with Gasteiger partial charge in [0.15, 0.2) is 0 Å². The van der Waals surface area contributed by atoms with Gasteiger partial charge in [0.25, 0.3) is 0 Å². The summed E-state index contributed by atoms with van der Waals surface area (Å²) in [5.41, 5.74) is 3.22. The second-order valence-electron chi connectivity index (χ2n) is 7.18. The monoisotopic (exact) mass is 337 g/mol. The summed E-state index contributed by atoms with van der Waals surface area (Å²) < 4.78 is 0. The number of aryl methyl sites for hydroxylation is 2. The average Bonchev–Trinajstić information content (AvgIpc) is 3.11. The lowest BCUT2D eigenvalue weighted by Crippen LogP contribution is -2.43. The van der Waals surface area contributed by atoms with Crippen molar-refractivity contribution in [3.63, 3.8) is 0 Å². The molecular weight excluding hydrogens is 310 g/mol. The zero-order valence-electron chi connectivity index (χ0n) is 14.9. The van der Waals surface area contributed by atoms with Crippen molar-refractivity contribution in [1.29, 1.82) is 0 Å². The Kier molecular flexibility index (Phi) is 5.42. The van der Waals surface area contributed by atoms with E-state index in [1.807, 2.05) is 12.1 Å². The number of benzene rings is 2. The lowest BCUT2D eigenvalue weighted by Gasteiger charge is -2.28. The van der Waals surface area contributed by atoms with Gasteiger partial charge < -0.3 is 10.4 Å². The molecule has 2 N–H and O–H groups in total. The number of carbonyl (C=O) groups excluding carboxylic acids is 1. The SMILES string of the molecule is Cc1cccc(C2(C(=O)NCCCc3ccc(O)cc3)CCCC2)c1. The molecule has 0 spiro atoms. The van der Waals surface area contributed by atoms with Crippen LogP contribution in [0, 0.1) is 6.92 Å². The molecule has 1 aliphatic carbocycles. The zero-order valence-corrected chi connectivity index (χ0v) is 14.9. The minimum atomic E-state index is -0.343. The third kappa shape index (κ3) is 4.04. The van der Waals surface area contributed by atoms with E-state index in [1.54, 1.807) is 12.1 Å². The van der Waals surface area contributed by atoms with Crippen molar-refractivity contribution in [2.75, 3.05) is 6.54 Å². The van der Waals surface area contributed by atoms with Gasteiger partial charge >= 0.3 is 0 Å². The van der Waals surface area contributed by atoms with E-state index in [9.17, 15) is 9.90 Å². The van der Waals surface area contributed by atoms with Crippen LogP contribution in [0.15, 0.2) is 48.5 Å². The van der Waals surface area contributed by atoms with Gasteiger partial charge in [-0.15, -0.1) is 0 Å². The topological polar surface area (TPSA) is 49.3 Å². The van der Waals surface area contributed by atoms with Crippen LogP contribution in [0.4, 0.5) is 0 Å². The highest BCUT2D eigenvalue weighted by atomic mass is 16.3. The quantitative estimate of drug-likeness (QED) is 0.774.